The van der Waals surface area contributed by atoms with E-state index in [4.69, 9.17) is 0 Å². The molecule has 0 heterocycles. The topological polar surface area (TPSA) is 12.0 Å². The van der Waals surface area contributed by atoms with Gasteiger partial charge in [0.25, 0.3) is 0 Å². The minimum atomic E-state index is 0.645. The molecule has 1 aliphatic rings. The molecule has 1 aromatic carbocycles. The van der Waals surface area contributed by atoms with E-state index in [-0.39, 0.29) is 0 Å². The van der Waals surface area contributed by atoms with Gasteiger partial charge in [-0.15, -0.1) is 0 Å². The Hall–Kier alpha value is -0.820. The van der Waals surface area contributed by atoms with Crippen LogP contribution in [0.4, 0.5) is 0 Å². The molecule has 2 rings (SSSR count). The van der Waals surface area contributed by atoms with Crippen molar-refractivity contribution in [1.29, 1.82) is 0 Å². The van der Waals surface area contributed by atoms with Crippen LogP contribution in [0.5, 0.6) is 0 Å². The molecule has 0 bridgehead atoms. The summed E-state index contributed by atoms with van der Waals surface area (Å²) in [7, 11) is 2.04. The highest BCUT2D eigenvalue weighted by Gasteiger charge is 2.37. The lowest BCUT2D eigenvalue weighted by molar-refractivity contribution is 0.698. The monoisotopic (exact) mass is 203 g/mol. The summed E-state index contributed by atoms with van der Waals surface area (Å²) < 4.78 is 0. The van der Waals surface area contributed by atoms with E-state index < -0.39 is 0 Å². The van der Waals surface area contributed by atoms with Crippen LogP contribution in [0.15, 0.2) is 24.3 Å². The molecule has 1 nitrogen and oxygen atoms in total. The Kier molecular flexibility index (Phi) is 3.11. The predicted molar refractivity (Wildman–Crippen MR) is 65.3 cm³/mol. The summed E-state index contributed by atoms with van der Waals surface area (Å²) >= 11 is 0. The van der Waals surface area contributed by atoms with E-state index in [0.29, 0.717) is 5.92 Å². The summed E-state index contributed by atoms with van der Waals surface area (Å²) in [6.07, 6.45) is 1.36. The molecule has 1 aliphatic carbocycles. The Bertz CT molecular complexity index is 313. The molecule has 82 valence electrons. The van der Waals surface area contributed by atoms with Crippen molar-refractivity contribution in [1.82, 2.24) is 5.32 Å². The highest BCUT2D eigenvalue weighted by Crippen LogP contribution is 2.46. The van der Waals surface area contributed by atoms with Crippen molar-refractivity contribution in [2.75, 3.05) is 13.6 Å². The highest BCUT2D eigenvalue weighted by atomic mass is 14.8. The first-order chi connectivity index (χ1) is 7.22. The van der Waals surface area contributed by atoms with Gasteiger partial charge in [-0.25, -0.2) is 0 Å². The highest BCUT2D eigenvalue weighted by molar-refractivity contribution is 5.30. The maximum atomic E-state index is 3.26. The van der Waals surface area contributed by atoms with Gasteiger partial charge in [0.15, 0.2) is 0 Å². The maximum absolute atomic E-state index is 3.26. The first-order valence-corrected chi connectivity index (χ1v) is 5.97. The lowest BCUT2D eigenvalue weighted by Crippen LogP contribution is -2.10. The van der Waals surface area contributed by atoms with E-state index in [1.807, 2.05) is 7.05 Å². The molecular formula is C14H21N. The van der Waals surface area contributed by atoms with Crippen molar-refractivity contribution in [2.24, 2.45) is 5.92 Å². The summed E-state index contributed by atoms with van der Waals surface area (Å²) in [5.74, 6) is 2.34. The van der Waals surface area contributed by atoms with Crippen LogP contribution in [0.2, 0.25) is 0 Å². The minimum absolute atomic E-state index is 0.645. The average Bonchev–Trinajstić information content (AvgIpc) is 2.98. The van der Waals surface area contributed by atoms with Gasteiger partial charge in [-0.05, 0) is 48.9 Å². The zero-order chi connectivity index (χ0) is 10.8. The van der Waals surface area contributed by atoms with Gasteiger partial charge in [0, 0.05) is 0 Å². The van der Waals surface area contributed by atoms with Gasteiger partial charge in [-0.1, -0.05) is 38.1 Å². The zero-order valence-electron chi connectivity index (χ0n) is 9.96. The van der Waals surface area contributed by atoms with Crippen LogP contribution in [0.25, 0.3) is 0 Å². The van der Waals surface area contributed by atoms with Crippen LogP contribution in [-0.4, -0.2) is 13.6 Å². The lowest BCUT2D eigenvalue weighted by atomic mass is 10.00. The van der Waals surface area contributed by atoms with Gasteiger partial charge in [0.1, 0.15) is 0 Å². The molecule has 1 N–H and O–H groups in total. The van der Waals surface area contributed by atoms with Gasteiger partial charge in [0.2, 0.25) is 0 Å². The first-order valence-electron chi connectivity index (χ1n) is 5.97. The first kappa shape index (κ1) is 10.7. The Labute approximate surface area is 92.9 Å². The van der Waals surface area contributed by atoms with Crippen LogP contribution < -0.4 is 5.32 Å². The molecule has 2 atom stereocenters. The summed E-state index contributed by atoms with van der Waals surface area (Å²) in [4.78, 5) is 0. The van der Waals surface area contributed by atoms with Crippen molar-refractivity contribution in [2.45, 2.75) is 32.1 Å². The molecule has 0 spiro atoms. The summed E-state index contributed by atoms with van der Waals surface area (Å²) in [6.45, 7) is 5.66. The standard InChI is InChI=1S/C14H21N/c1-10(2)11-4-6-12(7-5-11)14-8-13(14)9-15-3/h4-7,10,13-15H,8-9H2,1-3H3/t13-,14-/m1/s1. The van der Waals surface area contributed by atoms with E-state index >= 15 is 0 Å². The molecule has 0 radical (unpaired) electrons. The molecule has 1 saturated carbocycles. The third-order valence-corrected chi connectivity index (χ3v) is 3.42. The lowest BCUT2D eigenvalue weighted by Gasteiger charge is -2.06. The molecule has 0 saturated heterocycles. The molecule has 1 heteroatoms. The Morgan fingerprint density at radius 3 is 2.47 bits per heavy atom. The van der Waals surface area contributed by atoms with Crippen LogP contribution in [-0.2, 0) is 0 Å². The van der Waals surface area contributed by atoms with Crippen LogP contribution in [0.3, 0.4) is 0 Å². The fraction of sp³-hybridized carbons (Fsp3) is 0.571. The van der Waals surface area contributed by atoms with E-state index in [2.05, 4.69) is 43.4 Å². The van der Waals surface area contributed by atoms with Crippen molar-refractivity contribution in [3.05, 3.63) is 35.4 Å². The number of hydrogen-bond acceptors (Lipinski definition) is 1. The molecule has 1 aromatic rings. The van der Waals surface area contributed by atoms with Gasteiger partial charge in [-0.2, -0.15) is 0 Å². The fourth-order valence-electron chi connectivity index (χ4n) is 2.27. The van der Waals surface area contributed by atoms with Crippen molar-refractivity contribution in [3.63, 3.8) is 0 Å². The minimum Gasteiger partial charge on any atom is -0.319 e. The third kappa shape index (κ3) is 2.40. The van der Waals surface area contributed by atoms with E-state index in [0.717, 1.165) is 18.4 Å². The van der Waals surface area contributed by atoms with Crippen molar-refractivity contribution in [3.8, 4) is 0 Å². The second kappa shape index (κ2) is 4.36. The van der Waals surface area contributed by atoms with Crippen molar-refractivity contribution < 1.29 is 0 Å². The molecule has 0 aromatic heterocycles. The van der Waals surface area contributed by atoms with Crippen molar-refractivity contribution >= 4 is 0 Å². The predicted octanol–water partition coefficient (Wildman–Crippen LogP) is 3.13. The Morgan fingerprint density at radius 1 is 1.27 bits per heavy atom. The molecule has 15 heavy (non-hydrogen) atoms. The number of hydrogen-bond donors (Lipinski definition) is 1. The zero-order valence-corrected chi connectivity index (χ0v) is 9.96. The second-order valence-corrected chi connectivity index (χ2v) is 4.98. The van der Waals surface area contributed by atoms with Crippen LogP contribution in [0.1, 0.15) is 43.2 Å². The summed E-state index contributed by atoms with van der Waals surface area (Å²) in [6, 6.07) is 9.20. The molecule has 0 amide bonds. The van der Waals surface area contributed by atoms with E-state index in [1.165, 1.54) is 17.5 Å². The average molecular weight is 203 g/mol. The Morgan fingerprint density at radius 2 is 1.93 bits per heavy atom. The SMILES string of the molecule is CNC[C@H]1C[C@@H]1c1ccc(C(C)C)cc1. The molecule has 1 fully saturated rings. The molecular weight excluding hydrogens is 182 g/mol. The van der Waals surface area contributed by atoms with Crippen LogP contribution >= 0.6 is 0 Å². The molecule has 0 unspecified atom stereocenters. The maximum Gasteiger partial charge on any atom is -0.00175 e. The fourth-order valence-corrected chi connectivity index (χ4v) is 2.27. The number of nitrogens with one attached hydrogen (secondary N) is 1. The van der Waals surface area contributed by atoms with Gasteiger partial charge in [0.05, 0.1) is 0 Å². The number of benzene rings is 1. The van der Waals surface area contributed by atoms with Crippen LogP contribution in [0, 0.1) is 5.92 Å². The summed E-state index contributed by atoms with van der Waals surface area (Å²) in [5.41, 5.74) is 2.98. The van der Waals surface area contributed by atoms with Gasteiger partial charge in [-0.3, -0.25) is 0 Å². The largest absolute Gasteiger partial charge is 0.319 e. The van der Waals surface area contributed by atoms with Gasteiger partial charge >= 0.3 is 0 Å². The Balaban J connectivity index is 2.00. The normalized spacial score (nSPS) is 24.5. The molecule has 0 aliphatic heterocycles. The smallest absolute Gasteiger partial charge is 0.00175 e. The summed E-state index contributed by atoms with van der Waals surface area (Å²) in [5, 5.41) is 3.26. The second-order valence-electron chi connectivity index (χ2n) is 4.98. The van der Waals surface area contributed by atoms with Gasteiger partial charge < -0.3 is 5.32 Å². The number of rotatable bonds is 4. The van der Waals surface area contributed by atoms with E-state index in [1.54, 1.807) is 0 Å². The quantitative estimate of drug-likeness (QED) is 0.792. The third-order valence-electron chi connectivity index (χ3n) is 3.42. The van der Waals surface area contributed by atoms with E-state index in [9.17, 15) is 0 Å².